The summed E-state index contributed by atoms with van der Waals surface area (Å²) in [6.07, 6.45) is 0. The Morgan fingerprint density at radius 2 is 1.74 bits per heavy atom. The van der Waals surface area contributed by atoms with E-state index >= 15 is 0 Å². The number of carbonyl (C=O) groups excluding carboxylic acids is 2. The SMILES string of the molecule is COC(=O)c1ccc(NC(=O)c2ccc(NC(C)C)nn2)cc1. The molecule has 0 spiro atoms. The van der Waals surface area contributed by atoms with Crippen LogP contribution >= 0.6 is 0 Å². The minimum Gasteiger partial charge on any atom is -0.465 e. The largest absolute Gasteiger partial charge is 0.465 e. The van der Waals surface area contributed by atoms with Crippen LogP contribution in [0.5, 0.6) is 0 Å². The van der Waals surface area contributed by atoms with Crippen molar-refractivity contribution in [2.45, 2.75) is 19.9 Å². The van der Waals surface area contributed by atoms with Crippen LogP contribution in [0.1, 0.15) is 34.7 Å². The molecule has 0 bridgehead atoms. The van der Waals surface area contributed by atoms with E-state index in [9.17, 15) is 9.59 Å². The zero-order valence-electron chi connectivity index (χ0n) is 13.2. The topological polar surface area (TPSA) is 93.2 Å². The fourth-order valence-electron chi connectivity index (χ4n) is 1.83. The lowest BCUT2D eigenvalue weighted by Gasteiger charge is -2.08. The summed E-state index contributed by atoms with van der Waals surface area (Å²) in [5, 5.41) is 13.6. The zero-order chi connectivity index (χ0) is 16.8. The minimum absolute atomic E-state index is 0.205. The van der Waals surface area contributed by atoms with Crippen LogP contribution in [0.15, 0.2) is 36.4 Å². The third-order valence-electron chi connectivity index (χ3n) is 2.90. The number of carbonyl (C=O) groups is 2. The standard InChI is InChI=1S/C16H18N4O3/c1-10(2)17-14-9-8-13(19-20-14)15(21)18-12-6-4-11(5-7-12)16(22)23-3/h4-10H,1-3H3,(H,17,20)(H,18,21). The second-order valence-electron chi connectivity index (χ2n) is 5.13. The monoisotopic (exact) mass is 314 g/mol. The van der Waals surface area contributed by atoms with Crippen LogP contribution in [0.25, 0.3) is 0 Å². The van der Waals surface area contributed by atoms with E-state index in [2.05, 4.69) is 25.6 Å². The Kier molecular flexibility index (Phi) is 5.24. The van der Waals surface area contributed by atoms with Gasteiger partial charge >= 0.3 is 5.97 Å². The fraction of sp³-hybridized carbons (Fsp3) is 0.250. The number of hydrogen-bond acceptors (Lipinski definition) is 6. The number of methoxy groups -OCH3 is 1. The molecule has 0 aliphatic heterocycles. The van der Waals surface area contributed by atoms with Crippen LogP contribution in [0.4, 0.5) is 11.5 Å². The fourth-order valence-corrected chi connectivity index (χ4v) is 1.83. The molecule has 2 rings (SSSR count). The van der Waals surface area contributed by atoms with Gasteiger partial charge < -0.3 is 15.4 Å². The van der Waals surface area contributed by atoms with Gasteiger partial charge in [0.1, 0.15) is 5.82 Å². The first kappa shape index (κ1) is 16.4. The van der Waals surface area contributed by atoms with Gasteiger partial charge in [0.05, 0.1) is 12.7 Å². The van der Waals surface area contributed by atoms with Gasteiger partial charge in [-0.3, -0.25) is 4.79 Å². The molecule has 1 aromatic heterocycles. The van der Waals surface area contributed by atoms with Crippen molar-refractivity contribution in [2.75, 3.05) is 17.7 Å². The maximum Gasteiger partial charge on any atom is 0.337 e. The summed E-state index contributed by atoms with van der Waals surface area (Å²) in [5.74, 6) is -0.194. The Morgan fingerprint density at radius 3 is 2.26 bits per heavy atom. The normalized spacial score (nSPS) is 10.3. The molecule has 7 heteroatoms. The van der Waals surface area contributed by atoms with Crippen molar-refractivity contribution in [3.05, 3.63) is 47.7 Å². The first-order valence-electron chi connectivity index (χ1n) is 7.09. The second-order valence-corrected chi connectivity index (χ2v) is 5.13. The smallest absolute Gasteiger partial charge is 0.337 e. The molecule has 0 atom stereocenters. The third-order valence-corrected chi connectivity index (χ3v) is 2.90. The van der Waals surface area contributed by atoms with Gasteiger partial charge in [0.2, 0.25) is 0 Å². The molecule has 0 aliphatic rings. The average molecular weight is 314 g/mol. The summed E-state index contributed by atoms with van der Waals surface area (Å²) in [6.45, 7) is 3.97. The van der Waals surface area contributed by atoms with Crippen LogP contribution in [0.2, 0.25) is 0 Å². The summed E-state index contributed by atoms with van der Waals surface area (Å²) in [6, 6.07) is 9.90. The van der Waals surface area contributed by atoms with Crippen molar-refractivity contribution in [2.24, 2.45) is 0 Å². The van der Waals surface area contributed by atoms with Gasteiger partial charge in [-0.05, 0) is 50.2 Å². The maximum absolute atomic E-state index is 12.1. The number of nitrogens with one attached hydrogen (secondary N) is 2. The Bertz CT molecular complexity index is 681. The van der Waals surface area contributed by atoms with Crippen molar-refractivity contribution >= 4 is 23.4 Å². The summed E-state index contributed by atoms with van der Waals surface area (Å²) < 4.78 is 4.61. The lowest BCUT2D eigenvalue weighted by Crippen LogP contribution is -2.16. The molecule has 120 valence electrons. The highest BCUT2D eigenvalue weighted by atomic mass is 16.5. The average Bonchev–Trinajstić information content (AvgIpc) is 2.55. The molecule has 0 unspecified atom stereocenters. The van der Waals surface area contributed by atoms with Gasteiger partial charge in [0, 0.05) is 11.7 Å². The van der Waals surface area contributed by atoms with E-state index in [0.717, 1.165) is 0 Å². The first-order valence-corrected chi connectivity index (χ1v) is 7.09. The molecule has 1 amide bonds. The summed E-state index contributed by atoms with van der Waals surface area (Å²) in [4.78, 5) is 23.4. The quantitative estimate of drug-likeness (QED) is 0.823. The molecule has 23 heavy (non-hydrogen) atoms. The molecule has 1 heterocycles. The first-order chi connectivity index (χ1) is 11.0. The van der Waals surface area contributed by atoms with Crippen LogP contribution in [-0.2, 0) is 4.74 Å². The summed E-state index contributed by atoms with van der Waals surface area (Å²) >= 11 is 0. The number of nitrogens with zero attached hydrogens (tertiary/aromatic N) is 2. The lowest BCUT2D eigenvalue weighted by atomic mass is 10.2. The predicted molar refractivity (Wildman–Crippen MR) is 86.5 cm³/mol. The van der Waals surface area contributed by atoms with Gasteiger partial charge in [-0.15, -0.1) is 10.2 Å². The Hall–Kier alpha value is -2.96. The van der Waals surface area contributed by atoms with Gasteiger partial charge in [0.25, 0.3) is 5.91 Å². The second kappa shape index (κ2) is 7.35. The predicted octanol–water partition coefficient (Wildman–Crippen LogP) is 2.34. The van der Waals surface area contributed by atoms with E-state index < -0.39 is 5.97 Å². The molecule has 2 aromatic rings. The molecular weight excluding hydrogens is 296 g/mol. The lowest BCUT2D eigenvalue weighted by molar-refractivity contribution is 0.0600. The number of anilines is 2. The number of hydrogen-bond donors (Lipinski definition) is 2. The van der Waals surface area contributed by atoms with Crippen molar-refractivity contribution in [3.8, 4) is 0 Å². The van der Waals surface area contributed by atoms with Crippen LogP contribution < -0.4 is 10.6 Å². The number of rotatable bonds is 5. The van der Waals surface area contributed by atoms with Gasteiger partial charge in [-0.2, -0.15) is 0 Å². The maximum atomic E-state index is 12.1. The Balaban J connectivity index is 2.02. The molecule has 1 aromatic carbocycles. The summed E-state index contributed by atoms with van der Waals surface area (Å²) in [5.41, 5.74) is 1.17. The van der Waals surface area contributed by atoms with Crippen LogP contribution in [0, 0.1) is 0 Å². The van der Waals surface area contributed by atoms with E-state index in [1.165, 1.54) is 7.11 Å². The van der Waals surface area contributed by atoms with Gasteiger partial charge in [0.15, 0.2) is 5.69 Å². The van der Waals surface area contributed by atoms with E-state index in [4.69, 9.17) is 0 Å². The summed E-state index contributed by atoms with van der Waals surface area (Å²) in [7, 11) is 1.31. The highest BCUT2D eigenvalue weighted by Gasteiger charge is 2.10. The van der Waals surface area contributed by atoms with E-state index in [0.29, 0.717) is 17.1 Å². The van der Waals surface area contributed by atoms with Crippen molar-refractivity contribution in [3.63, 3.8) is 0 Å². The van der Waals surface area contributed by atoms with Crippen LogP contribution in [0.3, 0.4) is 0 Å². The van der Waals surface area contributed by atoms with Crippen molar-refractivity contribution in [1.29, 1.82) is 0 Å². The van der Waals surface area contributed by atoms with Gasteiger partial charge in [-0.25, -0.2) is 4.79 Å². The molecule has 0 fully saturated rings. The molecule has 0 saturated heterocycles. The van der Waals surface area contributed by atoms with Gasteiger partial charge in [-0.1, -0.05) is 0 Å². The number of esters is 1. The van der Waals surface area contributed by atoms with Crippen molar-refractivity contribution in [1.82, 2.24) is 10.2 Å². The number of amides is 1. The highest BCUT2D eigenvalue weighted by molar-refractivity contribution is 6.03. The molecule has 0 aliphatic carbocycles. The Labute approximate surface area is 134 Å². The van der Waals surface area contributed by atoms with E-state index in [1.54, 1.807) is 36.4 Å². The number of ether oxygens (including phenoxy) is 1. The third kappa shape index (κ3) is 4.50. The minimum atomic E-state index is -0.429. The van der Waals surface area contributed by atoms with E-state index in [1.807, 2.05) is 13.8 Å². The molecule has 0 saturated carbocycles. The number of benzene rings is 1. The number of aromatic nitrogens is 2. The van der Waals surface area contributed by atoms with Crippen molar-refractivity contribution < 1.29 is 14.3 Å². The highest BCUT2D eigenvalue weighted by Crippen LogP contribution is 2.12. The molecule has 2 N–H and O–H groups in total. The van der Waals surface area contributed by atoms with E-state index in [-0.39, 0.29) is 17.6 Å². The molecule has 7 nitrogen and oxygen atoms in total. The van der Waals surface area contributed by atoms with Crippen LogP contribution in [-0.4, -0.2) is 35.2 Å². The zero-order valence-corrected chi connectivity index (χ0v) is 13.2. The Morgan fingerprint density at radius 1 is 1.04 bits per heavy atom. The molecular formula is C16H18N4O3. The molecule has 0 radical (unpaired) electrons.